The third-order valence-corrected chi connectivity index (χ3v) is 3.77. The monoisotopic (exact) mass is 319 g/mol. The summed E-state index contributed by atoms with van der Waals surface area (Å²) < 4.78 is 5.17. The summed E-state index contributed by atoms with van der Waals surface area (Å²) in [6.07, 6.45) is 0. The highest BCUT2D eigenvalue weighted by atomic mass is 79.9. The zero-order valence-electron chi connectivity index (χ0n) is 10.0. The molecule has 1 unspecified atom stereocenters. The molecule has 0 heterocycles. The quantitative estimate of drug-likeness (QED) is 0.797. The van der Waals surface area contributed by atoms with Crippen LogP contribution in [0.3, 0.4) is 0 Å². The number of carbonyl (C=O) groups is 1. The van der Waals surface area contributed by atoms with Gasteiger partial charge in [-0.2, -0.15) is 0 Å². The molecule has 1 aromatic rings. The summed E-state index contributed by atoms with van der Waals surface area (Å²) in [7, 11) is 3.29. The van der Waals surface area contributed by atoms with Crippen molar-refractivity contribution >= 4 is 33.4 Å². The van der Waals surface area contributed by atoms with E-state index in [1.165, 1.54) is 7.11 Å². The zero-order valence-corrected chi connectivity index (χ0v) is 12.4. The summed E-state index contributed by atoms with van der Waals surface area (Å²) in [4.78, 5) is 13.9. The number of hydrogen-bond donors (Lipinski definition) is 0. The van der Waals surface area contributed by atoms with Crippen LogP contribution in [-0.4, -0.2) is 36.3 Å². The van der Waals surface area contributed by atoms with Gasteiger partial charge in [-0.3, -0.25) is 4.79 Å². The van der Waals surface area contributed by atoms with Crippen LogP contribution < -0.4 is 4.74 Å². The van der Waals surface area contributed by atoms with Gasteiger partial charge in [-0.25, -0.2) is 0 Å². The topological polar surface area (TPSA) is 29.5 Å². The van der Waals surface area contributed by atoms with Crippen LogP contribution in [0, 0.1) is 0 Å². The number of hydrogen-bond acceptors (Lipinski definition) is 2. The van der Waals surface area contributed by atoms with Crippen LogP contribution in [0.2, 0.25) is 5.02 Å². The molecule has 0 aliphatic carbocycles. The fourth-order valence-corrected chi connectivity index (χ4v) is 1.95. The van der Waals surface area contributed by atoms with Gasteiger partial charge in [0.15, 0.2) is 0 Å². The third kappa shape index (κ3) is 3.36. The second-order valence-corrected chi connectivity index (χ2v) is 4.85. The van der Waals surface area contributed by atoms with Gasteiger partial charge in [-0.1, -0.05) is 27.5 Å². The average molecular weight is 321 g/mol. The van der Waals surface area contributed by atoms with E-state index >= 15 is 0 Å². The number of amides is 1. The first kappa shape index (κ1) is 14.3. The Labute approximate surface area is 115 Å². The lowest BCUT2D eigenvalue weighted by atomic mass is 10.1. The Morgan fingerprint density at radius 3 is 2.76 bits per heavy atom. The van der Waals surface area contributed by atoms with E-state index < -0.39 is 0 Å². The first-order chi connectivity index (χ1) is 8.01. The van der Waals surface area contributed by atoms with E-state index in [-0.39, 0.29) is 11.9 Å². The first-order valence-electron chi connectivity index (χ1n) is 5.18. The minimum Gasteiger partial charge on any atom is -0.496 e. The maximum Gasteiger partial charge on any atom is 0.257 e. The van der Waals surface area contributed by atoms with E-state index in [0.29, 0.717) is 16.3 Å². The second-order valence-electron chi connectivity index (χ2n) is 3.76. The Morgan fingerprint density at radius 1 is 1.59 bits per heavy atom. The smallest absolute Gasteiger partial charge is 0.257 e. The molecule has 1 atom stereocenters. The zero-order chi connectivity index (χ0) is 13.0. The second kappa shape index (κ2) is 6.26. The van der Waals surface area contributed by atoms with Crippen LogP contribution in [0.4, 0.5) is 0 Å². The molecule has 1 rings (SSSR count). The van der Waals surface area contributed by atoms with Gasteiger partial charge in [-0.15, -0.1) is 0 Å². The van der Waals surface area contributed by atoms with Gasteiger partial charge in [-0.05, 0) is 25.1 Å². The third-order valence-electron chi connectivity index (χ3n) is 2.60. The summed E-state index contributed by atoms with van der Waals surface area (Å²) >= 11 is 9.26. The fraction of sp³-hybridized carbons (Fsp3) is 0.417. The highest BCUT2D eigenvalue weighted by Crippen LogP contribution is 2.24. The Hall–Kier alpha value is -0.740. The van der Waals surface area contributed by atoms with Gasteiger partial charge in [0.1, 0.15) is 5.75 Å². The molecule has 3 nitrogen and oxygen atoms in total. The van der Waals surface area contributed by atoms with E-state index in [1.54, 1.807) is 30.1 Å². The molecule has 0 aliphatic rings. The van der Waals surface area contributed by atoms with Crippen molar-refractivity contribution in [3.8, 4) is 5.75 Å². The first-order valence-corrected chi connectivity index (χ1v) is 6.67. The molecule has 0 fully saturated rings. The minimum absolute atomic E-state index is 0.101. The Kier molecular flexibility index (Phi) is 5.28. The van der Waals surface area contributed by atoms with Crippen molar-refractivity contribution in [2.75, 3.05) is 19.5 Å². The summed E-state index contributed by atoms with van der Waals surface area (Å²) in [5.74, 6) is 0.435. The number of halogens is 2. The van der Waals surface area contributed by atoms with Crippen LogP contribution in [0.1, 0.15) is 17.3 Å². The number of ether oxygens (including phenoxy) is 1. The number of rotatable bonds is 4. The molecule has 1 amide bonds. The number of alkyl halides is 1. The number of methoxy groups -OCH3 is 1. The van der Waals surface area contributed by atoms with Crippen LogP contribution in [0.15, 0.2) is 18.2 Å². The van der Waals surface area contributed by atoms with Gasteiger partial charge >= 0.3 is 0 Å². The number of carbonyl (C=O) groups excluding carboxylic acids is 1. The molecule has 5 heteroatoms. The van der Waals surface area contributed by atoms with Gasteiger partial charge in [0, 0.05) is 23.4 Å². The molecule has 0 spiro atoms. The van der Waals surface area contributed by atoms with Gasteiger partial charge in [0.05, 0.1) is 12.7 Å². The summed E-state index contributed by atoms with van der Waals surface area (Å²) in [6, 6.07) is 5.12. The van der Waals surface area contributed by atoms with Crippen LogP contribution in [0.25, 0.3) is 0 Å². The molecule has 0 saturated carbocycles. The molecule has 0 bridgehead atoms. The van der Waals surface area contributed by atoms with Crippen molar-refractivity contribution < 1.29 is 9.53 Å². The van der Waals surface area contributed by atoms with E-state index in [4.69, 9.17) is 16.3 Å². The highest BCUT2D eigenvalue weighted by molar-refractivity contribution is 9.09. The van der Waals surface area contributed by atoms with Gasteiger partial charge in [0.2, 0.25) is 0 Å². The van der Waals surface area contributed by atoms with Crippen LogP contribution in [-0.2, 0) is 0 Å². The van der Waals surface area contributed by atoms with Crippen molar-refractivity contribution in [2.45, 2.75) is 13.0 Å². The van der Waals surface area contributed by atoms with E-state index in [0.717, 1.165) is 5.33 Å². The van der Waals surface area contributed by atoms with Gasteiger partial charge in [0.25, 0.3) is 5.91 Å². The molecular formula is C12H15BrClNO2. The maximum atomic E-state index is 12.2. The molecule has 0 radical (unpaired) electrons. The van der Waals surface area contributed by atoms with Crippen LogP contribution in [0.5, 0.6) is 5.75 Å². The highest BCUT2D eigenvalue weighted by Gasteiger charge is 2.20. The fourth-order valence-electron chi connectivity index (χ4n) is 1.34. The van der Waals surface area contributed by atoms with Gasteiger partial charge < -0.3 is 9.64 Å². The molecular weight excluding hydrogens is 305 g/mol. The standard InChI is InChI=1S/C12H15BrClNO2/c1-8(7-13)15(2)12(16)10-6-9(14)4-5-11(10)17-3/h4-6,8H,7H2,1-3H3. The lowest BCUT2D eigenvalue weighted by Crippen LogP contribution is -2.36. The van der Waals surface area contributed by atoms with Crippen LogP contribution >= 0.6 is 27.5 Å². The predicted octanol–water partition coefficient (Wildman–Crippen LogP) is 3.20. The summed E-state index contributed by atoms with van der Waals surface area (Å²) in [5, 5.41) is 1.24. The molecule has 0 N–H and O–H groups in total. The predicted molar refractivity (Wildman–Crippen MR) is 73.4 cm³/mol. The SMILES string of the molecule is COc1ccc(Cl)cc1C(=O)N(C)C(C)CBr. The molecule has 0 aliphatic heterocycles. The average Bonchev–Trinajstić information content (AvgIpc) is 2.35. The normalized spacial score (nSPS) is 12.1. The van der Waals surface area contributed by atoms with E-state index in [9.17, 15) is 4.79 Å². The van der Waals surface area contributed by atoms with E-state index in [1.807, 2.05) is 6.92 Å². The van der Waals surface area contributed by atoms with Crippen molar-refractivity contribution in [1.82, 2.24) is 4.90 Å². The molecule has 17 heavy (non-hydrogen) atoms. The Balaban J connectivity index is 3.06. The van der Waals surface area contributed by atoms with Crippen molar-refractivity contribution in [3.05, 3.63) is 28.8 Å². The number of benzene rings is 1. The number of nitrogens with zero attached hydrogens (tertiary/aromatic N) is 1. The molecule has 0 aromatic heterocycles. The molecule has 0 saturated heterocycles. The largest absolute Gasteiger partial charge is 0.496 e. The Morgan fingerprint density at radius 2 is 2.24 bits per heavy atom. The lowest BCUT2D eigenvalue weighted by molar-refractivity contribution is 0.0755. The Bertz CT molecular complexity index is 411. The lowest BCUT2D eigenvalue weighted by Gasteiger charge is -2.24. The molecule has 94 valence electrons. The van der Waals surface area contributed by atoms with E-state index in [2.05, 4.69) is 15.9 Å². The summed E-state index contributed by atoms with van der Waals surface area (Å²) in [6.45, 7) is 1.96. The van der Waals surface area contributed by atoms with Crippen molar-refractivity contribution in [1.29, 1.82) is 0 Å². The minimum atomic E-state index is -0.101. The summed E-state index contributed by atoms with van der Waals surface area (Å²) in [5.41, 5.74) is 0.482. The maximum absolute atomic E-state index is 12.2. The molecule has 1 aromatic carbocycles. The van der Waals surface area contributed by atoms with Crippen molar-refractivity contribution in [3.63, 3.8) is 0 Å². The van der Waals surface area contributed by atoms with Crippen molar-refractivity contribution in [2.24, 2.45) is 0 Å².